The number of esters is 1. The van der Waals surface area contributed by atoms with Gasteiger partial charge >= 0.3 is 5.97 Å². The van der Waals surface area contributed by atoms with E-state index in [2.05, 4.69) is 15.9 Å². The molecule has 2 aromatic rings. The zero-order valence-electron chi connectivity index (χ0n) is 11.0. The monoisotopic (exact) mass is 325 g/mol. The van der Waals surface area contributed by atoms with E-state index in [1.807, 2.05) is 28.8 Å². The fourth-order valence-corrected chi connectivity index (χ4v) is 2.66. The van der Waals surface area contributed by atoms with Gasteiger partial charge in [-0.3, -0.25) is 0 Å². The number of hydrogen-bond donors (Lipinski definition) is 0. The number of hydrogen-bond acceptors (Lipinski definition) is 3. The van der Waals surface area contributed by atoms with E-state index in [0.29, 0.717) is 25.5 Å². The average Bonchev–Trinajstić information content (AvgIpc) is 2.77. The molecule has 0 radical (unpaired) electrons. The van der Waals surface area contributed by atoms with Crippen LogP contribution in [0.3, 0.4) is 0 Å². The van der Waals surface area contributed by atoms with Crippen LogP contribution in [-0.2, 0) is 16.0 Å². The number of benzene rings is 1. The first-order chi connectivity index (χ1) is 9.19. The summed E-state index contributed by atoms with van der Waals surface area (Å²) in [5.74, 6) is -0.304. The average molecular weight is 326 g/mol. The van der Waals surface area contributed by atoms with Crippen LogP contribution in [-0.4, -0.2) is 30.9 Å². The van der Waals surface area contributed by atoms with Gasteiger partial charge in [0.15, 0.2) is 0 Å². The summed E-state index contributed by atoms with van der Waals surface area (Å²) in [6, 6.07) is 7.74. The van der Waals surface area contributed by atoms with Crippen LogP contribution >= 0.6 is 15.9 Å². The standard InChI is InChI=1S/C14H16BrNO3/c1-3-19-14(17)12-9-10-5-4-6-11(15)13(10)16(12)7-8-18-2/h4-6,9H,3,7-8H2,1-2H3. The number of ether oxygens (including phenoxy) is 2. The van der Waals surface area contributed by atoms with Crippen LogP contribution in [0.5, 0.6) is 0 Å². The predicted molar refractivity (Wildman–Crippen MR) is 77.5 cm³/mol. The van der Waals surface area contributed by atoms with Gasteiger partial charge in [-0.1, -0.05) is 12.1 Å². The first kappa shape index (κ1) is 14.1. The van der Waals surface area contributed by atoms with Crippen molar-refractivity contribution in [3.05, 3.63) is 34.4 Å². The van der Waals surface area contributed by atoms with E-state index in [-0.39, 0.29) is 5.97 Å². The Morgan fingerprint density at radius 1 is 1.42 bits per heavy atom. The van der Waals surface area contributed by atoms with Gasteiger partial charge in [0.1, 0.15) is 5.69 Å². The smallest absolute Gasteiger partial charge is 0.354 e. The SMILES string of the molecule is CCOC(=O)c1cc2cccc(Br)c2n1CCOC. The summed E-state index contributed by atoms with van der Waals surface area (Å²) in [6.07, 6.45) is 0. The zero-order valence-corrected chi connectivity index (χ0v) is 12.6. The fourth-order valence-electron chi connectivity index (χ4n) is 2.07. The Bertz CT molecular complexity index is 592. The first-order valence-electron chi connectivity index (χ1n) is 6.12. The largest absolute Gasteiger partial charge is 0.461 e. The van der Waals surface area contributed by atoms with Gasteiger partial charge in [-0.15, -0.1) is 0 Å². The van der Waals surface area contributed by atoms with E-state index < -0.39 is 0 Å². The van der Waals surface area contributed by atoms with Crippen molar-refractivity contribution in [3.8, 4) is 0 Å². The summed E-state index contributed by atoms with van der Waals surface area (Å²) in [5, 5.41) is 1.01. The van der Waals surface area contributed by atoms with E-state index >= 15 is 0 Å². The molecular formula is C14H16BrNO3. The van der Waals surface area contributed by atoms with Crippen LogP contribution < -0.4 is 0 Å². The summed E-state index contributed by atoms with van der Waals surface area (Å²) >= 11 is 3.53. The summed E-state index contributed by atoms with van der Waals surface area (Å²) in [4.78, 5) is 12.0. The molecule has 0 fully saturated rings. The van der Waals surface area contributed by atoms with Gasteiger partial charge in [0.2, 0.25) is 0 Å². The second-order valence-electron chi connectivity index (χ2n) is 4.07. The first-order valence-corrected chi connectivity index (χ1v) is 6.92. The Morgan fingerprint density at radius 3 is 2.89 bits per heavy atom. The number of halogens is 1. The second-order valence-corrected chi connectivity index (χ2v) is 4.93. The van der Waals surface area contributed by atoms with Crippen molar-refractivity contribution in [2.45, 2.75) is 13.5 Å². The van der Waals surface area contributed by atoms with Crippen molar-refractivity contribution in [2.75, 3.05) is 20.3 Å². The van der Waals surface area contributed by atoms with Crippen LogP contribution in [0.1, 0.15) is 17.4 Å². The predicted octanol–water partition coefficient (Wildman–Crippen LogP) is 3.23. The molecule has 0 unspecified atom stereocenters. The number of fused-ring (bicyclic) bond motifs is 1. The summed E-state index contributed by atoms with van der Waals surface area (Å²) in [6.45, 7) is 3.32. The highest BCUT2D eigenvalue weighted by Crippen LogP contribution is 2.27. The van der Waals surface area contributed by atoms with Gasteiger partial charge < -0.3 is 14.0 Å². The van der Waals surface area contributed by atoms with Crippen LogP contribution in [0.2, 0.25) is 0 Å². The number of aromatic nitrogens is 1. The molecule has 0 saturated carbocycles. The number of carbonyl (C=O) groups excluding carboxylic acids is 1. The highest BCUT2D eigenvalue weighted by molar-refractivity contribution is 9.10. The molecule has 4 nitrogen and oxygen atoms in total. The van der Waals surface area contributed by atoms with Crippen LogP contribution in [0.15, 0.2) is 28.7 Å². The topological polar surface area (TPSA) is 40.5 Å². The van der Waals surface area contributed by atoms with Gasteiger partial charge in [0.25, 0.3) is 0 Å². The summed E-state index contributed by atoms with van der Waals surface area (Å²) in [7, 11) is 1.64. The van der Waals surface area contributed by atoms with Crippen molar-refractivity contribution in [3.63, 3.8) is 0 Å². The summed E-state index contributed by atoms with van der Waals surface area (Å²) in [5.41, 5.74) is 1.54. The Morgan fingerprint density at radius 2 is 2.21 bits per heavy atom. The number of nitrogens with zero attached hydrogens (tertiary/aromatic N) is 1. The number of methoxy groups -OCH3 is 1. The normalized spacial score (nSPS) is 10.9. The molecule has 0 aliphatic carbocycles. The third-order valence-electron chi connectivity index (χ3n) is 2.87. The lowest BCUT2D eigenvalue weighted by Gasteiger charge is -2.10. The lowest BCUT2D eigenvalue weighted by atomic mass is 10.2. The summed E-state index contributed by atoms with van der Waals surface area (Å²) < 4.78 is 13.1. The van der Waals surface area contributed by atoms with Crippen LogP contribution in [0.4, 0.5) is 0 Å². The molecule has 1 heterocycles. The molecule has 1 aromatic heterocycles. The van der Waals surface area contributed by atoms with E-state index in [1.54, 1.807) is 14.0 Å². The molecule has 0 aliphatic heterocycles. The molecule has 102 valence electrons. The van der Waals surface area contributed by atoms with Gasteiger partial charge in [-0.25, -0.2) is 4.79 Å². The third kappa shape index (κ3) is 2.82. The maximum atomic E-state index is 12.0. The van der Waals surface area contributed by atoms with Crippen molar-refractivity contribution in [2.24, 2.45) is 0 Å². The minimum absolute atomic E-state index is 0.304. The zero-order chi connectivity index (χ0) is 13.8. The Kier molecular flexibility index (Phi) is 4.61. The molecule has 5 heteroatoms. The van der Waals surface area contributed by atoms with E-state index in [0.717, 1.165) is 15.4 Å². The van der Waals surface area contributed by atoms with Crippen molar-refractivity contribution in [1.82, 2.24) is 4.57 Å². The highest BCUT2D eigenvalue weighted by Gasteiger charge is 2.17. The highest BCUT2D eigenvalue weighted by atomic mass is 79.9. The molecule has 0 bridgehead atoms. The minimum Gasteiger partial charge on any atom is -0.461 e. The maximum Gasteiger partial charge on any atom is 0.354 e. The molecule has 1 aromatic carbocycles. The lowest BCUT2D eigenvalue weighted by Crippen LogP contribution is -2.14. The van der Waals surface area contributed by atoms with Gasteiger partial charge in [-0.05, 0) is 35.0 Å². The molecule has 0 amide bonds. The molecule has 0 saturated heterocycles. The number of rotatable bonds is 5. The van der Waals surface area contributed by atoms with Crippen molar-refractivity contribution >= 4 is 32.8 Å². The van der Waals surface area contributed by atoms with E-state index in [4.69, 9.17) is 9.47 Å². The fraction of sp³-hybridized carbons (Fsp3) is 0.357. The molecular weight excluding hydrogens is 310 g/mol. The Hall–Kier alpha value is -1.33. The molecule has 0 aliphatic rings. The maximum absolute atomic E-state index is 12.0. The number of para-hydroxylation sites is 1. The molecule has 19 heavy (non-hydrogen) atoms. The number of carbonyl (C=O) groups is 1. The quantitative estimate of drug-likeness (QED) is 0.792. The Labute approximate surface area is 120 Å². The molecule has 0 atom stereocenters. The van der Waals surface area contributed by atoms with Crippen LogP contribution in [0, 0.1) is 0 Å². The van der Waals surface area contributed by atoms with E-state index in [1.165, 1.54) is 0 Å². The second kappa shape index (κ2) is 6.21. The van der Waals surface area contributed by atoms with Crippen molar-refractivity contribution in [1.29, 1.82) is 0 Å². The van der Waals surface area contributed by atoms with Gasteiger partial charge in [-0.2, -0.15) is 0 Å². The minimum atomic E-state index is -0.304. The Balaban J connectivity index is 2.55. The van der Waals surface area contributed by atoms with Gasteiger partial charge in [0.05, 0.1) is 18.7 Å². The lowest BCUT2D eigenvalue weighted by molar-refractivity contribution is 0.0512. The molecule has 2 rings (SSSR count). The molecule has 0 spiro atoms. The van der Waals surface area contributed by atoms with Crippen molar-refractivity contribution < 1.29 is 14.3 Å². The van der Waals surface area contributed by atoms with E-state index in [9.17, 15) is 4.79 Å². The third-order valence-corrected chi connectivity index (χ3v) is 3.51. The van der Waals surface area contributed by atoms with Crippen LogP contribution in [0.25, 0.3) is 10.9 Å². The molecule has 0 N–H and O–H groups in total. The van der Waals surface area contributed by atoms with Gasteiger partial charge in [0, 0.05) is 23.5 Å².